The van der Waals surface area contributed by atoms with Crippen LogP contribution < -0.4 is 0 Å². The number of aryl methyl sites for hydroxylation is 1. The molecule has 2 nitrogen and oxygen atoms in total. The lowest BCUT2D eigenvalue weighted by atomic mass is 9.71. The lowest BCUT2D eigenvalue weighted by Gasteiger charge is -2.57. The second-order valence-corrected chi connectivity index (χ2v) is 7.84. The van der Waals surface area contributed by atoms with Crippen LogP contribution in [-0.2, 0) is 23.1 Å². The Labute approximate surface area is 174 Å². The van der Waals surface area contributed by atoms with Crippen LogP contribution in [0.2, 0.25) is 0 Å². The van der Waals surface area contributed by atoms with Crippen molar-refractivity contribution in [3.05, 3.63) is 107 Å². The Morgan fingerprint density at radius 3 is 2.00 bits per heavy atom. The third-order valence-electron chi connectivity index (χ3n) is 5.95. The second-order valence-electron chi connectivity index (χ2n) is 7.84. The van der Waals surface area contributed by atoms with E-state index in [2.05, 4.69) is 4.90 Å². The van der Waals surface area contributed by atoms with Gasteiger partial charge in [-0.3, -0.25) is 4.90 Å². The number of benzene rings is 3. The van der Waals surface area contributed by atoms with Crippen LogP contribution in [0, 0.1) is 6.92 Å². The molecule has 0 aliphatic carbocycles. The van der Waals surface area contributed by atoms with Crippen molar-refractivity contribution in [3.8, 4) is 0 Å². The smallest absolute Gasteiger partial charge is 0.370 e. The van der Waals surface area contributed by atoms with E-state index in [1.807, 2.05) is 67.7 Å². The van der Waals surface area contributed by atoms with Gasteiger partial charge in [0, 0.05) is 6.54 Å². The Bertz CT molecular complexity index is 962. The first-order chi connectivity index (χ1) is 14.3. The molecular weight excluding hydrogens is 387 g/mol. The van der Waals surface area contributed by atoms with Crippen molar-refractivity contribution in [2.75, 3.05) is 13.6 Å². The number of rotatable bonds is 5. The molecule has 0 saturated carbocycles. The maximum Gasteiger partial charge on any atom is 0.416 e. The van der Waals surface area contributed by atoms with Gasteiger partial charge in [0.25, 0.3) is 0 Å². The molecule has 156 valence electrons. The molecule has 0 N–H and O–H groups in total. The van der Waals surface area contributed by atoms with Crippen molar-refractivity contribution < 1.29 is 17.9 Å². The van der Waals surface area contributed by atoms with E-state index >= 15 is 0 Å². The molecule has 1 aliphatic heterocycles. The van der Waals surface area contributed by atoms with E-state index in [1.54, 1.807) is 13.0 Å². The highest BCUT2D eigenvalue weighted by atomic mass is 19.4. The zero-order valence-electron chi connectivity index (χ0n) is 17.0. The molecule has 1 atom stereocenters. The number of likely N-dealkylation sites (N-methyl/N-ethyl adjacent to an activating group) is 1. The summed E-state index contributed by atoms with van der Waals surface area (Å²) in [5, 5.41) is 0. The summed E-state index contributed by atoms with van der Waals surface area (Å²) in [6, 6.07) is 24.4. The van der Waals surface area contributed by atoms with Gasteiger partial charge in [-0.25, -0.2) is 0 Å². The molecule has 0 amide bonds. The van der Waals surface area contributed by atoms with Gasteiger partial charge in [0.15, 0.2) is 0 Å². The molecular formula is C25H24F3NO. The molecule has 1 fully saturated rings. The summed E-state index contributed by atoms with van der Waals surface area (Å²) in [6.07, 6.45) is -4.67. The van der Waals surface area contributed by atoms with Crippen molar-refractivity contribution in [1.29, 1.82) is 0 Å². The van der Waals surface area contributed by atoms with E-state index in [4.69, 9.17) is 4.74 Å². The molecule has 5 heteroatoms. The van der Waals surface area contributed by atoms with E-state index in [9.17, 15) is 13.2 Å². The van der Waals surface area contributed by atoms with Gasteiger partial charge in [0.2, 0.25) is 0 Å². The number of halogens is 3. The van der Waals surface area contributed by atoms with E-state index < -0.39 is 17.3 Å². The minimum absolute atomic E-state index is 0.0882. The Kier molecular flexibility index (Phi) is 5.43. The fourth-order valence-electron chi connectivity index (χ4n) is 4.47. The number of ether oxygens (including phenoxy) is 1. The Morgan fingerprint density at radius 2 is 1.50 bits per heavy atom. The molecule has 1 saturated heterocycles. The zero-order valence-corrected chi connectivity index (χ0v) is 17.0. The number of alkyl halides is 3. The first-order valence-corrected chi connectivity index (χ1v) is 9.94. The van der Waals surface area contributed by atoms with E-state index in [1.165, 1.54) is 12.1 Å². The van der Waals surface area contributed by atoms with Crippen LogP contribution in [0.25, 0.3) is 0 Å². The Balaban J connectivity index is 1.68. The SMILES string of the molecule is Cc1ccc(COC2CN(C)C2(c2ccccc2)c2ccccc2)c(C(F)(F)F)c1. The minimum Gasteiger partial charge on any atom is -0.370 e. The van der Waals surface area contributed by atoms with E-state index in [0.29, 0.717) is 12.1 Å². The highest BCUT2D eigenvalue weighted by Crippen LogP contribution is 2.47. The van der Waals surface area contributed by atoms with Gasteiger partial charge in [0.1, 0.15) is 0 Å². The van der Waals surface area contributed by atoms with Gasteiger partial charge < -0.3 is 4.74 Å². The molecule has 30 heavy (non-hydrogen) atoms. The molecule has 3 aromatic rings. The molecule has 4 rings (SSSR count). The molecule has 1 unspecified atom stereocenters. The summed E-state index contributed by atoms with van der Waals surface area (Å²) in [4.78, 5) is 2.20. The first-order valence-electron chi connectivity index (χ1n) is 9.94. The maximum atomic E-state index is 13.5. The molecule has 0 bridgehead atoms. The summed E-state index contributed by atoms with van der Waals surface area (Å²) < 4.78 is 46.8. The van der Waals surface area contributed by atoms with Gasteiger partial charge >= 0.3 is 6.18 Å². The van der Waals surface area contributed by atoms with Crippen LogP contribution >= 0.6 is 0 Å². The summed E-state index contributed by atoms with van der Waals surface area (Å²) in [6.45, 7) is 2.21. The quantitative estimate of drug-likeness (QED) is 0.527. The molecule has 1 aliphatic rings. The number of nitrogens with zero attached hydrogens (tertiary/aromatic N) is 1. The van der Waals surface area contributed by atoms with Crippen LogP contribution in [0.5, 0.6) is 0 Å². The van der Waals surface area contributed by atoms with Crippen molar-refractivity contribution in [2.24, 2.45) is 0 Å². The summed E-state index contributed by atoms with van der Waals surface area (Å²) in [7, 11) is 2.02. The van der Waals surface area contributed by atoms with Crippen molar-refractivity contribution >= 4 is 0 Å². The predicted molar refractivity (Wildman–Crippen MR) is 111 cm³/mol. The Morgan fingerprint density at radius 1 is 0.933 bits per heavy atom. The molecule has 0 radical (unpaired) electrons. The highest BCUT2D eigenvalue weighted by Gasteiger charge is 2.55. The largest absolute Gasteiger partial charge is 0.416 e. The third kappa shape index (κ3) is 3.53. The van der Waals surface area contributed by atoms with Crippen molar-refractivity contribution in [1.82, 2.24) is 4.90 Å². The topological polar surface area (TPSA) is 12.5 Å². The van der Waals surface area contributed by atoms with E-state index in [-0.39, 0.29) is 18.3 Å². The number of likely N-dealkylation sites (tertiary alicyclic amines) is 1. The molecule has 1 heterocycles. The molecule has 3 aromatic carbocycles. The highest BCUT2D eigenvalue weighted by molar-refractivity contribution is 5.43. The van der Waals surface area contributed by atoms with Crippen LogP contribution in [0.15, 0.2) is 78.9 Å². The van der Waals surface area contributed by atoms with Gasteiger partial charge in [-0.15, -0.1) is 0 Å². The number of hydrogen-bond donors (Lipinski definition) is 0. The number of hydrogen-bond acceptors (Lipinski definition) is 2. The van der Waals surface area contributed by atoms with E-state index in [0.717, 1.165) is 11.1 Å². The first kappa shape index (κ1) is 20.6. The monoisotopic (exact) mass is 411 g/mol. The van der Waals surface area contributed by atoms with Gasteiger partial charge in [-0.05, 0) is 36.7 Å². The summed E-state index contributed by atoms with van der Waals surface area (Å²) in [5.41, 5.74) is 1.71. The predicted octanol–water partition coefficient (Wildman–Crippen LogP) is 5.79. The average molecular weight is 411 g/mol. The van der Waals surface area contributed by atoms with Crippen LogP contribution in [0.3, 0.4) is 0 Å². The summed E-state index contributed by atoms with van der Waals surface area (Å²) >= 11 is 0. The van der Waals surface area contributed by atoms with Gasteiger partial charge in [0.05, 0.1) is 23.8 Å². The van der Waals surface area contributed by atoms with Crippen LogP contribution in [0.1, 0.15) is 27.8 Å². The summed E-state index contributed by atoms with van der Waals surface area (Å²) in [5.74, 6) is 0. The standard InChI is InChI=1S/C25H24F3NO/c1-18-13-14-19(22(15-18)25(26,27)28)17-30-23-16-29(2)24(23,20-9-5-3-6-10-20)21-11-7-4-8-12-21/h3-15,23H,16-17H2,1-2H3. The van der Waals surface area contributed by atoms with Gasteiger partial charge in [-0.2, -0.15) is 13.2 Å². The Hall–Kier alpha value is -2.63. The van der Waals surface area contributed by atoms with Crippen molar-refractivity contribution in [2.45, 2.75) is 31.3 Å². The lowest BCUT2D eigenvalue weighted by Crippen LogP contribution is -2.68. The molecule has 0 spiro atoms. The molecule has 0 aromatic heterocycles. The lowest BCUT2D eigenvalue weighted by molar-refractivity contribution is -0.153. The second kappa shape index (κ2) is 7.89. The van der Waals surface area contributed by atoms with Crippen LogP contribution in [0.4, 0.5) is 13.2 Å². The normalized spacial score (nSPS) is 18.8. The zero-order chi connectivity index (χ0) is 21.4. The van der Waals surface area contributed by atoms with Crippen molar-refractivity contribution in [3.63, 3.8) is 0 Å². The average Bonchev–Trinajstić information content (AvgIpc) is 2.73. The minimum atomic E-state index is -4.41. The third-order valence-corrected chi connectivity index (χ3v) is 5.95. The maximum absolute atomic E-state index is 13.5. The fourth-order valence-corrected chi connectivity index (χ4v) is 4.47. The fraction of sp³-hybridized carbons (Fsp3) is 0.280. The van der Waals surface area contributed by atoms with Gasteiger partial charge in [-0.1, -0.05) is 78.4 Å². The van der Waals surface area contributed by atoms with Crippen LogP contribution in [-0.4, -0.2) is 24.6 Å².